The van der Waals surface area contributed by atoms with Crippen LogP contribution in [0.5, 0.6) is 23.0 Å². The summed E-state index contributed by atoms with van der Waals surface area (Å²) in [5.74, 6) is 1.62. The van der Waals surface area contributed by atoms with E-state index in [9.17, 15) is 9.90 Å². The zero-order valence-electron chi connectivity index (χ0n) is 17.0. The number of benzene rings is 2. The highest BCUT2D eigenvalue weighted by Gasteiger charge is 2.42. The van der Waals surface area contributed by atoms with Crippen LogP contribution in [-0.4, -0.2) is 51.0 Å². The number of aliphatic carboxylic acids is 1. The summed E-state index contributed by atoms with van der Waals surface area (Å²) in [6.45, 7) is 0.651. The van der Waals surface area contributed by atoms with Gasteiger partial charge < -0.3 is 24.1 Å². The monoisotopic (exact) mass is 399 g/mol. The Kier molecular flexibility index (Phi) is 5.00. The topological polar surface area (TPSA) is 77.5 Å². The minimum absolute atomic E-state index is 0.0646. The second kappa shape index (κ2) is 7.48. The molecule has 2 heterocycles. The summed E-state index contributed by atoms with van der Waals surface area (Å²) in [4.78, 5) is 14.4. The summed E-state index contributed by atoms with van der Waals surface area (Å²) in [7, 11) is 6.37. The van der Waals surface area contributed by atoms with E-state index < -0.39 is 12.0 Å². The van der Waals surface area contributed by atoms with E-state index in [1.807, 2.05) is 18.2 Å². The predicted octanol–water partition coefficient (Wildman–Crippen LogP) is 3.00. The molecule has 0 spiro atoms. The molecule has 0 aliphatic carbocycles. The molecule has 0 aromatic heterocycles. The number of nitrogens with zero attached hydrogens (tertiary/aromatic N) is 1. The van der Waals surface area contributed by atoms with Crippen LogP contribution in [0.15, 0.2) is 24.3 Å². The van der Waals surface area contributed by atoms with Crippen LogP contribution in [0, 0.1) is 0 Å². The van der Waals surface area contributed by atoms with Crippen LogP contribution in [0.25, 0.3) is 0 Å². The molecular weight excluding hydrogens is 374 g/mol. The Balaban J connectivity index is 1.86. The summed E-state index contributed by atoms with van der Waals surface area (Å²) in [5.41, 5.74) is 3.96. The van der Waals surface area contributed by atoms with E-state index in [2.05, 4.69) is 4.90 Å². The van der Waals surface area contributed by atoms with Crippen molar-refractivity contribution in [2.75, 3.05) is 35.0 Å². The number of ether oxygens (including phenoxy) is 4. The van der Waals surface area contributed by atoms with Crippen LogP contribution in [-0.2, 0) is 17.6 Å². The van der Waals surface area contributed by atoms with Gasteiger partial charge in [-0.05, 0) is 59.4 Å². The van der Waals surface area contributed by atoms with E-state index >= 15 is 0 Å². The molecule has 0 amide bonds. The van der Waals surface area contributed by atoms with Crippen molar-refractivity contribution in [3.05, 3.63) is 46.5 Å². The fourth-order valence-corrected chi connectivity index (χ4v) is 4.61. The summed E-state index contributed by atoms with van der Waals surface area (Å²) in [6, 6.07) is 6.88. The Morgan fingerprint density at radius 1 is 0.862 bits per heavy atom. The number of carboxylic acids is 1. The lowest BCUT2D eigenvalue weighted by molar-refractivity contribution is -0.145. The maximum absolute atomic E-state index is 12.3. The normalized spacial score (nSPS) is 20.1. The third-order valence-electron chi connectivity index (χ3n) is 5.96. The third kappa shape index (κ3) is 3.06. The van der Waals surface area contributed by atoms with Crippen molar-refractivity contribution < 1.29 is 28.8 Å². The summed E-state index contributed by atoms with van der Waals surface area (Å²) < 4.78 is 21.8. The summed E-state index contributed by atoms with van der Waals surface area (Å²) in [6.07, 6.45) is 1.43. The maximum Gasteiger partial charge on any atom is 0.325 e. The van der Waals surface area contributed by atoms with Crippen LogP contribution in [0.4, 0.5) is 0 Å². The molecule has 7 heteroatoms. The van der Waals surface area contributed by atoms with Crippen molar-refractivity contribution >= 4 is 5.97 Å². The second-order valence-electron chi connectivity index (χ2n) is 7.26. The van der Waals surface area contributed by atoms with E-state index in [0.29, 0.717) is 36.0 Å². The first-order chi connectivity index (χ1) is 14.0. The van der Waals surface area contributed by atoms with Crippen molar-refractivity contribution in [2.24, 2.45) is 0 Å². The molecule has 4 rings (SSSR count). The number of methoxy groups -OCH3 is 4. The van der Waals surface area contributed by atoms with Gasteiger partial charge in [-0.25, -0.2) is 0 Å². The van der Waals surface area contributed by atoms with E-state index in [1.165, 1.54) is 0 Å². The number of rotatable bonds is 5. The average molecular weight is 399 g/mol. The SMILES string of the molecule is COc1cc2c(cc1OC)[C@@H](C(=O)O)N1CCc3cc(OC)c(OC)cc3[C@@H]1C2. The highest BCUT2D eigenvalue weighted by atomic mass is 16.5. The van der Waals surface area contributed by atoms with Crippen LogP contribution >= 0.6 is 0 Å². The third-order valence-corrected chi connectivity index (χ3v) is 5.96. The van der Waals surface area contributed by atoms with Gasteiger partial charge in [0, 0.05) is 12.6 Å². The average Bonchev–Trinajstić information content (AvgIpc) is 2.74. The lowest BCUT2D eigenvalue weighted by atomic mass is 9.80. The van der Waals surface area contributed by atoms with Gasteiger partial charge in [-0.1, -0.05) is 0 Å². The molecule has 0 fully saturated rings. The van der Waals surface area contributed by atoms with E-state index in [-0.39, 0.29) is 6.04 Å². The maximum atomic E-state index is 12.3. The van der Waals surface area contributed by atoms with E-state index in [4.69, 9.17) is 18.9 Å². The lowest BCUT2D eigenvalue weighted by Gasteiger charge is -2.45. The Morgan fingerprint density at radius 2 is 1.38 bits per heavy atom. The molecule has 2 aliphatic rings. The smallest absolute Gasteiger partial charge is 0.325 e. The number of carboxylic acid groups (broad SMARTS) is 1. The number of carbonyl (C=O) groups is 1. The molecule has 2 aromatic carbocycles. The first kappa shape index (κ1) is 19.4. The number of hydrogen-bond acceptors (Lipinski definition) is 6. The quantitative estimate of drug-likeness (QED) is 0.828. The molecule has 7 nitrogen and oxygen atoms in total. The molecule has 0 saturated heterocycles. The molecule has 2 aliphatic heterocycles. The highest BCUT2D eigenvalue weighted by Crippen LogP contribution is 2.48. The van der Waals surface area contributed by atoms with Crippen LogP contribution in [0.1, 0.15) is 34.3 Å². The first-order valence-corrected chi connectivity index (χ1v) is 9.50. The lowest BCUT2D eigenvalue weighted by Crippen LogP contribution is -2.45. The zero-order valence-corrected chi connectivity index (χ0v) is 17.0. The molecule has 154 valence electrons. The van der Waals surface area contributed by atoms with Gasteiger partial charge in [-0.2, -0.15) is 0 Å². The molecular formula is C22H25NO6. The van der Waals surface area contributed by atoms with Gasteiger partial charge in [0.15, 0.2) is 23.0 Å². The summed E-state index contributed by atoms with van der Waals surface area (Å²) in [5, 5.41) is 10.1. The standard InChI is InChI=1S/C22H25NO6/c1-26-17-8-12-5-6-23-16(14(12)10-19(17)28-3)7-13-9-18(27-2)20(29-4)11-15(13)21(23)22(24)25/h8-11,16,21H,5-7H2,1-4H3,(H,24,25)/t16-,21-/m0/s1. The predicted molar refractivity (Wildman–Crippen MR) is 106 cm³/mol. The van der Waals surface area contributed by atoms with E-state index in [0.717, 1.165) is 28.7 Å². The largest absolute Gasteiger partial charge is 0.493 e. The van der Waals surface area contributed by atoms with Gasteiger partial charge in [-0.15, -0.1) is 0 Å². The highest BCUT2D eigenvalue weighted by molar-refractivity contribution is 5.78. The molecule has 29 heavy (non-hydrogen) atoms. The molecule has 0 saturated carbocycles. The molecule has 0 radical (unpaired) electrons. The van der Waals surface area contributed by atoms with Gasteiger partial charge in [0.2, 0.25) is 0 Å². The van der Waals surface area contributed by atoms with Crippen LogP contribution < -0.4 is 18.9 Å². The van der Waals surface area contributed by atoms with Crippen molar-refractivity contribution in [1.82, 2.24) is 4.90 Å². The van der Waals surface area contributed by atoms with Crippen molar-refractivity contribution in [3.63, 3.8) is 0 Å². The Bertz CT molecular complexity index is 957. The van der Waals surface area contributed by atoms with Gasteiger partial charge in [0.1, 0.15) is 6.04 Å². The van der Waals surface area contributed by atoms with Gasteiger partial charge in [0.05, 0.1) is 28.4 Å². The molecule has 2 aromatic rings. The fourth-order valence-electron chi connectivity index (χ4n) is 4.61. The number of fused-ring (bicyclic) bond motifs is 4. The Labute approximate surface area is 169 Å². The van der Waals surface area contributed by atoms with Crippen LogP contribution in [0.2, 0.25) is 0 Å². The van der Waals surface area contributed by atoms with Crippen molar-refractivity contribution in [1.29, 1.82) is 0 Å². The van der Waals surface area contributed by atoms with Crippen molar-refractivity contribution in [3.8, 4) is 23.0 Å². The summed E-state index contributed by atoms with van der Waals surface area (Å²) >= 11 is 0. The van der Waals surface area contributed by atoms with Gasteiger partial charge >= 0.3 is 5.97 Å². The van der Waals surface area contributed by atoms with Crippen molar-refractivity contribution in [2.45, 2.75) is 24.9 Å². The molecule has 0 bridgehead atoms. The Morgan fingerprint density at radius 3 is 1.93 bits per heavy atom. The van der Waals surface area contributed by atoms with Gasteiger partial charge in [-0.3, -0.25) is 9.69 Å². The van der Waals surface area contributed by atoms with E-state index in [1.54, 1.807) is 34.5 Å². The first-order valence-electron chi connectivity index (χ1n) is 9.50. The molecule has 1 N–H and O–H groups in total. The fraction of sp³-hybridized carbons (Fsp3) is 0.409. The Hall–Kier alpha value is -2.93. The molecule has 2 atom stereocenters. The van der Waals surface area contributed by atoms with Gasteiger partial charge in [0.25, 0.3) is 0 Å². The zero-order chi connectivity index (χ0) is 20.7. The second-order valence-corrected chi connectivity index (χ2v) is 7.26. The molecule has 0 unspecified atom stereocenters. The number of hydrogen-bond donors (Lipinski definition) is 1. The minimum atomic E-state index is -0.868. The minimum Gasteiger partial charge on any atom is -0.493 e. The van der Waals surface area contributed by atoms with Crippen LogP contribution in [0.3, 0.4) is 0 Å².